The summed E-state index contributed by atoms with van der Waals surface area (Å²) in [6.45, 7) is 4.13. The van der Waals surface area contributed by atoms with E-state index in [1.807, 2.05) is 53.1 Å². The quantitative estimate of drug-likeness (QED) is 0.0504. The summed E-state index contributed by atoms with van der Waals surface area (Å²) in [5.74, 6) is 4.67. The molecule has 0 bridgehead atoms. The van der Waals surface area contributed by atoms with Crippen molar-refractivity contribution in [3.8, 4) is 36.2 Å². The molecule has 0 fully saturated rings. The molecule has 0 saturated heterocycles. The smallest absolute Gasteiger partial charge is 0.870 e. The molecular formula is C49H49Cl2LiN4O11S2. The number of nitrogens with zero attached hydrogens (tertiary/aromatic N) is 2. The molecule has 0 aliphatic heterocycles. The fraction of sp³-hybridized carbons (Fsp3) is 0.224. The number of halogens is 2. The Labute approximate surface area is 424 Å². The van der Waals surface area contributed by atoms with Crippen LogP contribution >= 0.6 is 23.2 Å². The van der Waals surface area contributed by atoms with E-state index < -0.39 is 26.0 Å². The fourth-order valence-electron chi connectivity index (χ4n) is 7.23. The molecule has 0 unspecified atom stereocenters. The first-order valence-corrected chi connectivity index (χ1v) is 24.1. The van der Waals surface area contributed by atoms with Gasteiger partial charge in [-0.15, -0.1) is 12.8 Å². The van der Waals surface area contributed by atoms with E-state index in [2.05, 4.69) is 21.3 Å². The first kappa shape index (κ1) is 57.1. The number of hydrogen-bond acceptors (Lipinski definition) is 12. The number of methoxy groups -OCH3 is 3. The van der Waals surface area contributed by atoms with Gasteiger partial charge in [0.25, 0.3) is 20.0 Å². The Kier molecular flexibility index (Phi) is 21.0. The Balaban J connectivity index is 0.000000355. The first-order chi connectivity index (χ1) is 31.9. The summed E-state index contributed by atoms with van der Waals surface area (Å²) in [5, 5.41) is 12.4. The third-order valence-corrected chi connectivity index (χ3v) is 13.8. The van der Waals surface area contributed by atoms with Crippen molar-refractivity contribution in [3.63, 3.8) is 0 Å². The molecule has 0 aliphatic rings. The summed E-state index contributed by atoms with van der Waals surface area (Å²) in [6.07, 6.45) is 11.2. The van der Waals surface area contributed by atoms with Crippen molar-refractivity contribution in [1.29, 1.82) is 0 Å². The number of carbonyl (C=O) groups excluding carboxylic acids is 1. The number of benzene rings is 6. The van der Waals surface area contributed by atoms with Crippen molar-refractivity contribution in [2.45, 2.75) is 48.6 Å². The molecule has 20 heteroatoms. The van der Waals surface area contributed by atoms with Gasteiger partial charge >= 0.3 is 30.8 Å². The molecule has 6 rings (SSSR count). The van der Waals surface area contributed by atoms with Gasteiger partial charge < -0.3 is 34.6 Å². The molecule has 358 valence electrons. The van der Waals surface area contributed by atoms with Gasteiger partial charge in [-0.05, 0) is 74.5 Å². The zero-order valence-electron chi connectivity index (χ0n) is 38.6. The van der Waals surface area contributed by atoms with Crippen molar-refractivity contribution in [2.24, 2.45) is 0 Å². The minimum atomic E-state index is -3.94. The Morgan fingerprint density at radius 2 is 1.01 bits per heavy atom. The number of aliphatic carboxylic acids is 1. The third-order valence-electron chi connectivity index (χ3n) is 10.5. The maximum Gasteiger partial charge on any atom is 1.00 e. The molecule has 0 saturated carbocycles. The number of carboxylic acid groups (broad SMARTS) is 1. The summed E-state index contributed by atoms with van der Waals surface area (Å²) in [5.41, 5.74) is 2.26. The van der Waals surface area contributed by atoms with Crippen LogP contribution in [0.1, 0.15) is 26.7 Å². The number of anilines is 4. The molecule has 15 nitrogen and oxygen atoms in total. The minimum absolute atomic E-state index is 0. The number of esters is 1. The number of nitrogens with one attached hydrogen (secondary N) is 2. The maximum absolute atomic E-state index is 13.1. The van der Waals surface area contributed by atoms with Crippen LogP contribution in [-0.4, -0.2) is 85.9 Å². The van der Waals surface area contributed by atoms with Crippen molar-refractivity contribution < 1.29 is 70.1 Å². The van der Waals surface area contributed by atoms with Gasteiger partial charge in [0, 0.05) is 45.0 Å². The van der Waals surface area contributed by atoms with E-state index in [0.29, 0.717) is 39.3 Å². The molecule has 4 N–H and O–H groups in total. The van der Waals surface area contributed by atoms with Crippen molar-refractivity contribution >= 4 is 99.5 Å². The van der Waals surface area contributed by atoms with Crippen LogP contribution in [0.25, 0.3) is 21.5 Å². The first-order valence-electron chi connectivity index (χ1n) is 20.3. The van der Waals surface area contributed by atoms with Gasteiger partial charge in [-0.25, -0.2) is 16.8 Å². The zero-order valence-corrected chi connectivity index (χ0v) is 41.7. The third kappa shape index (κ3) is 13.9. The molecule has 6 aromatic carbocycles. The topological polar surface area (TPSA) is 211 Å². The number of hydrogen-bond donors (Lipinski definition) is 3. The van der Waals surface area contributed by atoms with Crippen LogP contribution in [0.5, 0.6) is 11.5 Å². The van der Waals surface area contributed by atoms with Gasteiger partial charge in [0.1, 0.15) is 11.5 Å². The number of ether oxygens (including phenoxy) is 3. The van der Waals surface area contributed by atoms with Gasteiger partial charge in [0.15, 0.2) is 0 Å². The molecule has 0 spiro atoms. The molecule has 2 atom stereocenters. The van der Waals surface area contributed by atoms with E-state index >= 15 is 0 Å². The summed E-state index contributed by atoms with van der Waals surface area (Å²) >= 11 is 12.2. The molecular weight excluding hydrogens is 963 g/mol. The van der Waals surface area contributed by atoms with Crippen LogP contribution in [0.2, 0.25) is 10.0 Å². The average molecular weight is 1010 g/mol. The van der Waals surface area contributed by atoms with Gasteiger partial charge in [-0.2, -0.15) is 0 Å². The molecule has 0 heterocycles. The van der Waals surface area contributed by atoms with Crippen molar-refractivity contribution in [1.82, 2.24) is 0 Å². The van der Waals surface area contributed by atoms with Gasteiger partial charge in [0.2, 0.25) is 0 Å². The second-order valence-corrected chi connectivity index (χ2v) is 19.1. The van der Waals surface area contributed by atoms with E-state index in [1.54, 1.807) is 43.3 Å². The second-order valence-electron chi connectivity index (χ2n) is 14.9. The van der Waals surface area contributed by atoms with E-state index in [4.69, 9.17) is 50.3 Å². The Hall–Kier alpha value is -6.26. The Morgan fingerprint density at radius 3 is 1.35 bits per heavy atom. The van der Waals surface area contributed by atoms with Crippen LogP contribution in [0.4, 0.5) is 22.7 Å². The monoisotopic (exact) mass is 1010 g/mol. The predicted octanol–water partition coefficient (Wildman–Crippen LogP) is 6.13. The molecule has 0 radical (unpaired) electrons. The molecule has 69 heavy (non-hydrogen) atoms. The zero-order chi connectivity index (χ0) is 49.1. The van der Waals surface area contributed by atoms with Crippen LogP contribution in [-0.2, 0) is 34.4 Å². The SMILES string of the molecule is C#CCN(c1ccc(NS(=O)(=O)c2ccc(OC)c(Cl)c2)c2ccccc12)[C@@H](C)CC(=O)O.C#CCN(c1ccc(NS(=O)(=O)c2ccc(OC)c(Cl)c2)c2ccccc12)[C@@H](C)CC(=O)OC.[Li+].[OH-]. The van der Waals surface area contributed by atoms with Crippen LogP contribution in [0.3, 0.4) is 0 Å². The summed E-state index contributed by atoms with van der Waals surface area (Å²) in [4.78, 5) is 26.8. The van der Waals surface area contributed by atoms with E-state index in [-0.39, 0.29) is 88.2 Å². The van der Waals surface area contributed by atoms with E-state index in [9.17, 15) is 31.5 Å². The number of carboxylic acids is 1. The normalized spacial score (nSPS) is 11.7. The fourth-order valence-corrected chi connectivity index (χ4v) is 10.1. The summed E-state index contributed by atoms with van der Waals surface area (Å²) < 4.78 is 72.5. The standard InChI is InChI=1S/C25H25ClN2O5S.C24H23ClN2O5S.Li.H2O/c1-5-14-28(17(2)15-25(29)33-4)23-12-11-22(19-8-6-7-9-20(19)23)27-34(30,31)18-10-13-24(32-3)21(26)16-18;1-4-13-27(16(2)14-24(28)29)22-11-10-21(18-7-5-6-8-19(18)22)26-33(30,31)17-9-12-23(32-3)20(25)15-17;;/h1,6-13,16-17,27H,14-15H2,2-4H3;1,5-12,15-16,26H,13-14H2,2-3H3,(H,28,29);;1H2/q;;+1;/p-1/t17-;16-;;/m00../s1. The Morgan fingerprint density at radius 1 is 0.638 bits per heavy atom. The van der Waals surface area contributed by atoms with Crippen LogP contribution in [0.15, 0.2) is 119 Å². The molecule has 6 aromatic rings. The number of carbonyl (C=O) groups is 2. The van der Waals surface area contributed by atoms with Crippen molar-refractivity contribution in [2.75, 3.05) is 53.7 Å². The van der Waals surface area contributed by atoms with Crippen LogP contribution in [0, 0.1) is 24.7 Å². The van der Waals surface area contributed by atoms with Gasteiger partial charge in [-0.3, -0.25) is 19.0 Å². The molecule has 0 aliphatic carbocycles. The molecule has 0 aromatic heterocycles. The number of sulfonamides is 2. The average Bonchev–Trinajstić information content (AvgIpc) is 3.30. The predicted molar refractivity (Wildman–Crippen MR) is 268 cm³/mol. The maximum atomic E-state index is 13.1. The van der Waals surface area contributed by atoms with E-state index in [1.165, 1.54) is 57.7 Å². The Bertz CT molecular complexity index is 3110. The largest absolute Gasteiger partial charge is 1.00 e. The second kappa shape index (κ2) is 25.4. The van der Waals surface area contributed by atoms with Crippen molar-refractivity contribution in [3.05, 3.63) is 119 Å². The minimum Gasteiger partial charge on any atom is -0.870 e. The van der Waals surface area contributed by atoms with Gasteiger partial charge in [-0.1, -0.05) is 83.6 Å². The van der Waals surface area contributed by atoms with E-state index in [0.717, 1.165) is 16.5 Å². The number of rotatable bonds is 18. The number of fused-ring (bicyclic) bond motifs is 2. The summed E-state index contributed by atoms with van der Waals surface area (Å²) in [6, 6.07) is 29.3. The van der Waals surface area contributed by atoms with Crippen LogP contribution < -0.4 is 47.6 Å². The summed E-state index contributed by atoms with van der Waals surface area (Å²) in [7, 11) is -3.63. The van der Waals surface area contributed by atoms with Gasteiger partial charge in [0.05, 0.1) is 78.5 Å². The molecule has 0 amide bonds. The number of terminal acetylenes is 2.